The molecule has 1 aliphatic heterocycles. The van der Waals surface area contributed by atoms with Crippen molar-refractivity contribution in [1.82, 2.24) is 9.97 Å². The average Bonchev–Trinajstić information content (AvgIpc) is 3.40. The summed E-state index contributed by atoms with van der Waals surface area (Å²) in [6.07, 6.45) is 3.65. The van der Waals surface area contributed by atoms with Gasteiger partial charge in [0.1, 0.15) is 5.75 Å². The van der Waals surface area contributed by atoms with E-state index < -0.39 is 0 Å². The third kappa shape index (κ3) is 5.29. The molecule has 0 fully saturated rings. The first-order valence-electron chi connectivity index (χ1n) is 14.0. The quantitative estimate of drug-likeness (QED) is 0.165. The molecule has 0 bridgehead atoms. The molecule has 4 heterocycles. The van der Waals surface area contributed by atoms with Crippen molar-refractivity contribution >= 4 is 31.5 Å². The van der Waals surface area contributed by atoms with Crippen LogP contribution in [0.3, 0.4) is 0 Å². The fourth-order valence-corrected chi connectivity index (χ4v) is 6.97. The van der Waals surface area contributed by atoms with Gasteiger partial charge in [-0.2, -0.15) is 11.3 Å². The van der Waals surface area contributed by atoms with Crippen LogP contribution >= 0.6 is 11.3 Å². The number of aryl methyl sites for hydroxylation is 1. The van der Waals surface area contributed by atoms with Crippen LogP contribution < -0.4 is 4.74 Å². The Morgan fingerprint density at radius 1 is 0.698 bits per heavy atom. The van der Waals surface area contributed by atoms with Crippen LogP contribution in [0.15, 0.2) is 116 Å². The van der Waals surface area contributed by atoms with Crippen molar-refractivity contribution < 1.29 is 24.8 Å². The summed E-state index contributed by atoms with van der Waals surface area (Å²) in [5.41, 5.74) is 7.50. The van der Waals surface area contributed by atoms with Gasteiger partial charge in [0.15, 0.2) is 0 Å². The molecule has 0 atom stereocenters. The Bertz CT molecular complexity index is 2050. The molecule has 3 aromatic heterocycles. The van der Waals surface area contributed by atoms with Crippen LogP contribution in [0.4, 0.5) is 0 Å². The molecule has 0 saturated heterocycles. The first kappa shape index (κ1) is 28.9. The number of pyridine rings is 2. The van der Waals surface area contributed by atoms with E-state index in [1.807, 2.05) is 90.5 Å². The van der Waals surface area contributed by atoms with Crippen molar-refractivity contribution in [2.75, 3.05) is 0 Å². The van der Waals surface area contributed by atoms with E-state index in [1.54, 1.807) is 0 Å². The zero-order valence-corrected chi connectivity index (χ0v) is 27.2. The van der Waals surface area contributed by atoms with Crippen LogP contribution in [0.5, 0.6) is 11.5 Å². The van der Waals surface area contributed by atoms with Crippen LogP contribution in [0.25, 0.3) is 42.7 Å². The Morgan fingerprint density at radius 2 is 1.37 bits per heavy atom. The summed E-state index contributed by atoms with van der Waals surface area (Å²) < 4.78 is 8.72. The van der Waals surface area contributed by atoms with E-state index in [0.29, 0.717) is 0 Å². The maximum absolute atomic E-state index is 6.13. The van der Waals surface area contributed by atoms with Gasteiger partial charge in [-0.05, 0) is 63.6 Å². The molecular formula is C38H28IrN2OS-2. The number of hydrogen-bond donors (Lipinski definition) is 0. The molecule has 4 aromatic carbocycles. The normalized spacial score (nSPS) is 12.7. The summed E-state index contributed by atoms with van der Waals surface area (Å²) in [6.45, 7) is 6.60. The Balaban J connectivity index is 0.000000150. The minimum absolute atomic E-state index is 0. The Labute approximate surface area is 269 Å². The summed E-state index contributed by atoms with van der Waals surface area (Å²) in [5.74, 6) is 1.82. The maximum Gasteiger partial charge on any atom is 0.128 e. The second-order valence-corrected chi connectivity index (χ2v) is 12.0. The number of ether oxygens (including phenoxy) is 1. The molecule has 213 valence electrons. The number of para-hydroxylation sites is 1. The van der Waals surface area contributed by atoms with Crippen LogP contribution in [0.1, 0.15) is 30.5 Å². The van der Waals surface area contributed by atoms with Gasteiger partial charge in [0.05, 0.1) is 5.75 Å². The fraction of sp³-hybridized carbons (Fsp3) is 0.105. The number of thiophene rings is 1. The van der Waals surface area contributed by atoms with E-state index in [4.69, 9.17) is 4.74 Å². The molecule has 0 aliphatic carbocycles. The molecule has 0 spiro atoms. The summed E-state index contributed by atoms with van der Waals surface area (Å²) in [6, 6.07) is 41.6. The first-order chi connectivity index (χ1) is 20.5. The van der Waals surface area contributed by atoms with Crippen molar-refractivity contribution in [2.24, 2.45) is 0 Å². The topological polar surface area (TPSA) is 35.0 Å². The van der Waals surface area contributed by atoms with Gasteiger partial charge in [-0.1, -0.05) is 85.0 Å². The average molecular weight is 753 g/mol. The Morgan fingerprint density at radius 3 is 2.12 bits per heavy atom. The minimum Gasteiger partial charge on any atom is -0.476 e. The molecule has 5 heteroatoms. The maximum atomic E-state index is 6.13. The third-order valence-electron chi connectivity index (χ3n) is 7.79. The van der Waals surface area contributed by atoms with Crippen LogP contribution in [-0.4, -0.2) is 9.97 Å². The molecule has 0 unspecified atom stereocenters. The van der Waals surface area contributed by atoms with E-state index >= 15 is 0 Å². The molecule has 1 radical (unpaired) electrons. The molecule has 7 aromatic rings. The smallest absolute Gasteiger partial charge is 0.128 e. The van der Waals surface area contributed by atoms with Crippen molar-refractivity contribution in [1.29, 1.82) is 0 Å². The van der Waals surface area contributed by atoms with Crippen molar-refractivity contribution in [3.8, 4) is 34.0 Å². The van der Waals surface area contributed by atoms with Crippen molar-refractivity contribution in [3.05, 3.63) is 144 Å². The first-order valence-corrected chi connectivity index (χ1v) is 14.8. The number of nitrogens with zero attached hydrogens (tertiary/aromatic N) is 2. The number of hydrogen-bond acceptors (Lipinski definition) is 4. The van der Waals surface area contributed by atoms with E-state index in [0.717, 1.165) is 39.6 Å². The van der Waals surface area contributed by atoms with Gasteiger partial charge < -0.3 is 14.7 Å². The second-order valence-electron chi connectivity index (χ2n) is 10.9. The molecule has 0 amide bonds. The molecule has 0 saturated carbocycles. The Kier molecular flexibility index (Phi) is 7.98. The van der Waals surface area contributed by atoms with Crippen LogP contribution in [0, 0.1) is 19.1 Å². The number of benzene rings is 4. The Hall–Kier alpha value is -4.15. The van der Waals surface area contributed by atoms with E-state index in [9.17, 15) is 0 Å². The number of aromatic nitrogens is 2. The molecule has 0 N–H and O–H groups in total. The standard InChI is InChI=1S/C20H16NO.C18H12NS.Ir/c1-20(2)15-9-3-4-11-17(15)22-18-12-7-8-14(19(18)20)16-10-5-6-13-21-16;1-12-8-9-17-15(11-12)13-5-4-6-14(18(13)20-17)16-7-2-3-10-19-16;/h3-7,9-13H,1-2H3;2-5,7-11H,1H3;/q2*-1;. The third-order valence-corrected chi connectivity index (χ3v) is 9.00. The van der Waals surface area contributed by atoms with Gasteiger partial charge >= 0.3 is 0 Å². The number of rotatable bonds is 2. The zero-order valence-electron chi connectivity index (χ0n) is 24.0. The van der Waals surface area contributed by atoms with Gasteiger partial charge in [0, 0.05) is 37.2 Å². The molecule has 8 rings (SSSR count). The van der Waals surface area contributed by atoms with E-state index in [-0.39, 0.29) is 25.5 Å². The molecule has 1 aliphatic rings. The second kappa shape index (κ2) is 11.9. The van der Waals surface area contributed by atoms with E-state index in [2.05, 4.69) is 79.3 Å². The van der Waals surface area contributed by atoms with Gasteiger partial charge in [-0.3, -0.25) is 0 Å². The van der Waals surface area contributed by atoms with Crippen molar-refractivity contribution in [2.45, 2.75) is 26.2 Å². The fourth-order valence-electron chi connectivity index (χ4n) is 5.78. The van der Waals surface area contributed by atoms with Gasteiger partial charge in [0.2, 0.25) is 0 Å². The monoisotopic (exact) mass is 753 g/mol. The van der Waals surface area contributed by atoms with E-state index in [1.165, 1.54) is 31.3 Å². The zero-order chi connectivity index (χ0) is 28.7. The number of fused-ring (bicyclic) bond motifs is 5. The predicted molar refractivity (Wildman–Crippen MR) is 173 cm³/mol. The summed E-state index contributed by atoms with van der Waals surface area (Å²) in [5, 5.41) is 2.63. The summed E-state index contributed by atoms with van der Waals surface area (Å²) >= 11 is 1.82. The van der Waals surface area contributed by atoms with Gasteiger partial charge in [-0.15, -0.1) is 47.5 Å². The van der Waals surface area contributed by atoms with Crippen LogP contribution in [-0.2, 0) is 25.5 Å². The van der Waals surface area contributed by atoms with Crippen LogP contribution in [0.2, 0.25) is 0 Å². The molecule has 3 nitrogen and oxygen atoms in total. The minimum atomic E-state index is -0.158. The predicted octanol–water partition coefficient (Wildman–Crippen LogP) is 10.2. The summed E-state index contributed by atoms with van der Waals surface area (Å²) in [7, 11) is 0. The van der Waals surface area contributed by atoms with Crippen molar-refractivity contribution in [3.63, 3.8) is 0 Å². The largest absolute Gasteiger partial charge is 0.476 e. The molecular weight excluding hydrogens is 725 g/mol. The van der Waals surface area contributed by atoms with Gasteiger partial charge in [0.25, 0.3) is 0 Å². The molecule has 43 heavy (non-hydrogen) atoms. The van der Waals surface area contributed by atoms with Gasteiger partial charge in [-0.25, -0.2) is 0 Å². The SMILES string of the molecule is CC1(C)c2ccccc2Oc2cc[c-]c(-c3ccccn3)c21.Cc1ccc2sc3c(-c4ccccn4)[c-]ccc3c2c1.[Ir]. The summed E-state index contributed by atoms with van der Waals surface area (Å²) in [4.78, 5) is 8.95.